The molecule has 0 unspecified atom stereocenters. The fourth-order valence-corrected chi connectivity index (χ4v) is 1.50. The van der Waals surface area contributed by atoms with Crippen molar-refractivity contribution in [3.8, 4) is 5.75 Å². The summed E-state index contributed by atoms with van der Waals surface area (Å²) in [7, 11) is 0. The van der Waals surface area contributed by atoms with Crippen molar-refractivity contribution in [1.29, 1.82) is 0 Å². The van der Waals surface area contributed by atoms with Crippen LogP contribution < -0.4 is 11.1 Å². The number of rotatable bonds is 4. The Hall–Kier alpha value is -1.26. The molecule has 0 fully saturated rings. The van der Waals surface area contributed by atoms with Crippen LogP contribution in [0.3, 0.4) is 0 Å². The van der Waals surface area contributed by atoms with Gasteiger partial charge in [-0.05, 0) is 24.1 Å². The Bertz CT molecular complexity index is 409. The predicted octanol–water partition coefficient (Wildman–Crippen LogP) is 2.36. The highest BCUT2D eigenvalue weighted by atomic mass is 35.5. The van der Waals surface area contributed by atoms with Crippen LogP contribution in [0.25, 0.3) is 0 Å². The van der Waals surface area contributed by atoms with Crippen molar-refractivity contribution in [1.82, 2.24) is 0 Å². The number of nitrogens with one attached hydrogen (secondary N) is 1. The molecule has 0 aliphatic carbocycles. The summed E-state index contributed by atoms with van der Waals surface area (Å²) in [4.78, 5) is 11.8. The summed E-state index contributed by atoms with van der Waals surface area (Å²) in [5.41, 5.74) is 6.32. The van der Waals surface area contributed by atoms with Crippen LogP contribution in [0, 0.1) is 5.92 Å². The van der Waals surface area contributed by atoms with E-state index < -0.39 is 6.04 Å². The number of phenols is 1. The average Bonchev–Trinajstić information content (AvgIpc) is 2.31. The number of benzene rings is 1. The molecule has 0 aromatic heterocycles. The van der Waals surface area contributed by atoms with Gasteiger partial charge in [0.15, 0.2) is 0 Å². The van der Waals surface area contributed by atoms with Crippen LogP contribution in [0.1, 0.15) is 20.3 Å². The molecule has 0 heterocycles. The number of carbonyl (C=O) groups excluding carboxylic acids is 1. The molecule has 0 aliphatic rings. The number of halogens is 1. The molecule has 2 atom stereocenters. The Balaban J connectivity index is 2.71. The van der Waals surface area contributed by atoms with E-state index >= 15 is 0 Å². The molecule has 0 spiro atoms. The van der Waals surface area contributed by atoms with Crippen LogP contribution in [0.4, 0.5) is 5.69 Å². The lowest BCUT2D eigenvalue weighted by atomic mass is 9.99. The van der Waals surface area contributed by atoms with Crippen molar-refractivity contribution in [3.63, 3.8) is 0 Å². The minimum atomic E-state index is -0.549. The first-order valence-corrected chi connectivity index (χ1v) is 5.88. The van der Waals surface area contributed by atoms with Crippen LogP contribution in [0.2, 0.25) is 5.02 Å². The summed E-state index contributed by atoms with van der Waals surface area (Å²) in [6, 6.07) is 3.93. The third kappa shape index (κ3) is 3.61. The summed E-state index contributed by atoms with van der Waals surface area (Å²) in [6.07, 6.45) is 0.838. The number of nitrogens with two attached hydrogens (primary N) is 1. The van der Waals surface area contributed by atoms with Gasteiger partial charge in [-0.15, -0.1) is 0 Å². The van der Waals surface area contributed by atoms with Gasteiger partial charge in [-0.25, -0.2) is 0 Å². The fourth-order valence-electron chi connectivity index (χ4n) is 1.32. The van der Waals surface area contributed by atoms with Gasteiger partial charge in [-0.2, -0.15) is 0 Å². The fraction of sp³-hybridized carbons (Fsp3) is 0.417. The number of hydrogen-bond donors (Lipinski definition) is 3. The van der Waals surface area contributed by atoms with Crippen molar-refractivity contribution in [2.45, 2.75) is 26.3 Å². The summed E-state index contributed by atoms with van der Waals surface area (Å²) in [6.45, 7) is 3.91. The Morgan fingerprint density at radius 1 is 1.59 bits per heavy atom. The van der Waals surface area contributed by atoms with E-state index in [1.54, 1.807) is 6.07 Å². The Morgan fingerprint density at radius 3 is 2.76 bits per heavy atom. The van der Waals surface area contributed by atoms with Crippen molar-refractivity contribution in [2.75, 3.05) is 5.32 Å². The largest absolute Gasteiger partial charge is 0.506 e. The van der Waals surface area contributed by atoms with E-state index in [1.807, 2.05) is 13.8 Å². The van der Waals surface area contributed by atoms with Crippen LogP contribution >= 0.6 is 11.6 Å². The van der Waals surface area contributed by atoms with Crippen molar-refractivity contribution in [3.05, 3.63) is 23.2 Å². The molecule has 1 rings (SSSR count). The van der Waals surface area contributed by atoms with Gasteiger partial charge in [0, 0.05) is 5.69 Å². The number of hydrogen-bond acceptors (Lipinski definition) is 3. The molecule has 0 aliphatic heterocycles. The zero-order chi connectivity index (χ0) is 13.0. The second-order valence-corrected chi connectivity index (χ2v) is 4.47. The van der Waals surface area contributed by atoms with Crippen LogP contribution in [-0.2, 0) is 4.79 Å². The highest BCUT2D eigenvalue weighted by Crippen LogP contribution is 2.26. The van der Waals surface area contributed by atoms with Crippen LogP contribution in [0.5, 0.6) is 5.75 Å². The zero-order valence-electron chi connectivity index (χ0n) is 9.90. The first-order chi connectivity index (χ1) is 7.95. The Labute approximate surface area is 106 Å². The standard InChI is InChI=1S/C12H17ClN2O2/c1-3-7(2)11(14)12(17)15-8-4-5-10(16)9(13)6-8/h4-7,11,16H,3,14H2,1-2H3,(H,15,17)/t7-,11-/m0/s1. The smallest absolute Gasteiger partial charge is 0.241 e. The third-order valence-electron chi connectivity index (χ3n) is 2.77. The molecule has 4 nitrogen and oxygen atoms in total. The van der Waals surface area contributed by atoms with Gasteiger partial charge in [0.1, 0.15) is 5.75 Å². The maximum absolute atomic E-state index is 11.8. The van der Waals surface area contributed by atoms with E-state index in [0.29, 0.717) is 5.69 Å². The molecule has 1 aromatic rings. The van der Waals surface area contributed by atoms with Gasteiger partial charge < -0.3 is 16.2 Å². The first kappa shape index (κ1) is 13.8. The molecule has 0 bridgehead atoms. The van der Waals surface area contributed by atoms with E-state index in [9.17, 15) is 9.90 Å². The van der Waals surface area contributed by atoms with Gasteiger partial charge in [0.2, 0.25) is 5.91 Å². The number of carbonyl (C=O) groups is 1. The number of anilines is 1. The lowest BCUT2D eigenvalue weighted by Gasteiger charge is -2.17. The quantitative estimate of drug-likeness (QED) is 0.724. The maximum atomic E-state index is 11.8. The number of amides is 1. The second-order valence-electron chi connectivity index (χ2n) is 4.07. The summed E-state index contributed by atoms with van der Waals surface area (Å²) < 4.78 is 0. The molecule has 17 heavy (non-hydrogen) atoms. The maximum Gasteiger partial charge on any atom is 0.241 e. The molecule has 5 heteroatoms. The first-order valence-electron chi connectivity index (χ1n) is 5.50. The van der Waals surface area contributed by atoms with E-state index in [2.05, 4.69) is 5.32 Å². The van der Waals surface area contributed by atoms with Crippen LogP contribution in [0.15, 0.2) is 18.2 Å². The molecule has 0 radical (unpaired) electrons. The van der Waals surface area contributed by atoms with Crippen molar-refractivity contribution >= 4 is 23.2 Å². The molecule has 1 aromatic carbocycles. The van der Waals surface area contributed by atoms with Gasteiger partial charge in [0.05, 0.1) is 11.1 Å². The van der Waals surface area contributed by atoms with E-state index in [-0.39, 0.29) is 22.6 Å². The number of phenolic OH excluding ortho intramolecular Hbond substituents is 1. The molecular formula is C12H17ClN2O2. The monoisotopic (exact) mass is 256 g/mol. The molecule has 1 amide bonds. The van der Waals surface area contributed by atoms with Gasteiger partial charge >= 0.3 is 0 Å². The van der Waals surface area contributed by atoms with E-state index in [0.717, 1.165) is 6.42 Å². The molecule has 94 valence electrons. The van der Waals surface area contributed by atoms with E-state index in [4.69, 9.17) is 17.3 Å². The zero-order valence-corrected chi connectivity index (χ0v) is 10.7. The third-order valence-corrected chi connectivity index (χ3v) is 3.08. The molecular weight excluding hydrogens is 240 g/mol. The lowest BCUT2D eigenvalue weighted by Crippen LogP contribution is -2.40. The molecule has 4 N–H and O–H groups in total. The summed E-state index contributed by atoms with van der Waals surface area (Å²) in [5, 5.41) is 12.1. The normalized spacial score (nSPS) is 14.1. The van der Waals surface area contributed by atoms with Crippen molar-refractivity contribution < 1.29 is 9.90 Å². The highest BCUT2D eigenvalue weighted by Gasteiger charge is 2.19. The van der Waals surface area contributed by atoms with Crippen molar-refractivity contribution in [2.24, 2.45) is 11.7 Å². The summed E-state index contributed by atoms with van der Waals surface area (Å²) >= 11 is 5.73. The Kier molecular flexibility index (Phi) is 4.78. The molecule has 0 saturated heterocycles. The van der Waals surface area contributed by atoms with Gasteiger partial charge in [0.25, 0.3) is 0 Å². The number of aromatic hydroxyl groups is 1. The Morgan fingerprint density at radius 2 is 2.24 bits per heavy atom. The van der Waals surface area contributed by atoms with Crippen LogP contribution in [-0.4, -0.2) is 17.1 Å². The molecule has 0 saturated carbocycles. The summed E-state index contributed by atoms with van der Waals surface area (Å²) in [5.74, 6) is -0.153. The predicted molar refractivity (Wildman–Crippen MR) is 69.2 cm³/mol. The topological polar surface area (TPSA) is 75.4 Å². The van der Waals surface area contributed by atoms with Gasteiger partial charge in [-0.1, -0.05) is 31.9 Å². The minimum Gasteiger partial charge on any atom is -0.506 e. The average molecular weight is 257 g/mol. The highest BCUT2D eigenvalue weighted by molar-refractivity contribution is 6.32. The minimum absolute atomic E-state index is 0.0177. The second kappa shape index (κ2) is 5.89. The lowest BCUT2D eigenvalue weighted by molar-refractivity contribution is -0.118. The van der Waals surface area contributed by atoms with E-state index in [1.165, 1.54) is 12.1 Å². The van der Waals surface area contributed by atoms with Gasteiger partial charge in [-0.3, -0.25) is 4.79 Å². The SMILES string of the molecule is CC[C@H](C)[C@H](N)C(=O)Nc1ccc(O)c(Cl)c1.